The van der Waals surface area contributed by atoms with Crippen molar-refractivity contribution in [3.8, 4) is 5.69 Å². The summed E-state index contributed by atoms with van der Waals surface area (Å²) in [6.07, 6.45) is 1.21. The average Bonchev–Trinajstić information content (AvgIpc) is 3.31. The van der Waals surface area contributed by atoms with Gasteiger partial charge in [-0.3, -0.25) is 9.59 Å². The minimum absolute atomic E-state index is 0.0107. The molecule has 1 aliphatic heterocycles. The maximum atomic E-state index is 12.5. The molecule has 150 valence electrons. The van der Waals surface area contributed by atoms with E-state index in [2.05, 4.69) is 21.9 Å². The summed E-state index contributed by atoms with van der Waals surface area (Å²) in [5, 5.41) is 9.96. The molecule has 0 unspecified atom stereocenters. The van der Waals surface area contributed by atoms with Crippen molar-refractivity contribution < 1.29 is 9.59 Å². The molecule has 2 aromatic heterocycles. The van der Waals surface area contributed by atoms with Crippen LogP contribution in [-0.4, -0.2) is 33.0 Å². The molecule has 0 saturated carbocycles. The molecular weight excluding hydrogens is 408 g/mol. The molecular formula is C21H21ClN4O2S. The van der Waals surface area contributed by atoms with E-state index in [9.17, 15) is 9.59 Å². The first-order chi connectivity index (χ1) is 14.0. The zero-order chi connectivity index (χ0) is 20.4. The Morgan fingerprint density at radius 3 is 2.93 bits per heavy atom. The second-order valence-corrected chi connectivity index (χ2v) is 8.48. The Labute approximate surface area is 178 Å². The van der Waals surface area contributed by atoms with Crippen molar-refractivity contribution in [2.24, 2.45) is 0 Å². The molecule has 0 bridgehead atoms. The first-order valence-corrected chi connectivity index (χ1v) is 10.7. The largest absolute Gasteiger partial charge is 0.338 e. The number of benzene rings is 1. The number of hydrogen-bond donors (Lipinski definition) is 1. The Kier molecular flexibility index (Phi) is 5.69. The molecule has 0 spiro atoms. The predicted octanol–water partition coefficient (Wildman–Crippen LogP) is 4.20. The lowest BCUT2D eigenvalue weighted by Gasteiger charge is -2.27. The van der Waals surface area contributed by atoms with Crippen LogP contribution in [0.25, 0.3) is 5.69 Å². The van der Waals surface area contributed by atoms with Crippen molar-refractivity contribution in [2.75, 3.05) is 11.9 Å². The lowest BCUT2D eigenvalue weighted by Crippen LogP contribution is -2.35. The second-order valence-electron chi connectivity index (χ2n) is 7.05. The highest BCUT2D eigenvalue weighted by Gasteiger charge is 2.22. The van der Waals surface area contributed by atoms with E-state index in [4.69, 9.17) is 11.6 Å². The third-order valence-electron chi connectivity index (χ3n) is 4.88. The molecule has 3 heterocycles. The molecule has 0 atom stereocenters. The van der Waals surface area contributed by atoms with E-state index in [-0.39, 0.29) is 24.7 Å². The first-order valence-electron chi connectivity index (χ1n) is 9.45. The molecule has 1 aromatic carbocycles. The monoisotopic (exact) mass is 428 g/mol. The van der Waals surface area contributed by atoms with E-state index in [1.807, 2.05) is 24.0 Å². The molecule has 4 rings (SSSR count). The number of carbonyl (C=O) groups is 2. The van der Waals surface area contributed by atoms with Gasteiger partial charge >= 0.3 is 0 Å². The molecule has 1 N–H and O–H groups in total. The van der Waals surface area contributed by atoms with Gasteiger partial charge in [0.1, 0.15) is 5.82 Å². The van der Waals surface area contributed by atoms with Crippen LogP contribution in [0.15, 0.2) is 41.8 Å². The third kappa shape index (κ3) is 4.52. The normalized spacial score (nSPS) is 13.2. The van der Waals surface area contributed by atoms with Gasteiger partial charge in [0, 0.05) is 41.9 Å². The Morgan fingerprint density at radius 2 is 2.10 bits per heavy atom. The predicted molar refractivity (Wildman–Crippen MR) is 115 cm³/mol. The first kappa shape index (κ1) is 19.7. The fourth-order valence-corrected chi connectivity index (χ4v) is 4.51. The van der Waals surface area contributed by atoms with Crippen molar-refractivity contribution in [3.63, 3.8) is 0 Å². The highest BCUT2D eigenvalue weighted by atomic mass is 35.5. The number of nitrogens with one attached hydrogen (secondary N) is 1. The molecule has 0 radical (unpaired) electrons. The van der Waals surface area contributed by atoms with Crippen LogP contribution in [0.3, 0.4) is 0 Å². The van der Waals surface area contributed by atoms with Gasteiger partial charge in [0.2, 0.25) is 11.8 Å². The van der Waals surface area contributed by atoms with Crippen LogP contribution in [0.4, 0.5) is 5.82 Å². The minimum Gasteiger partial charge on any atom is -0.338 e. The highest BCUT2D eigenvalue weighted by Crippen LogP contribution is 2.25. The fraction of sp³-hybridized carbons (Fsp3) is 0.286. The standard InChI is InChI=1S/C21H21ClN4O2S/c1-14-11-19(26(24-14)17-4-2-3-16(22)12-17)23-20(27)5-6-21(28)25-9-7-18-15(13-25)8-10-29-18/h2-4,8,10-12H,5-7,9,13H2,1H3,(H,23,27). The number of thiophene rings is 1. The summed E-state index contributed by atoms with van der Waals surface area (Å²) in [4.78, 5) is 28.2. The fourth-order valence-electron chi connectivity index (χ4n) is 3.44. The number of anilines is 1. The summed E-state index contributed by atoms with van der Waals surface area (Å²) in [6.45, 7) is 3.21. The number of aromatic nitrogens is 2. The summed E-state index contributed by atoms with van der Waals surface area (Å²) in [7, 11) is 0. The number of aryl methyl sites for hydroxylation is 1. The van der Waals surface area contributed by atoms with E-state index in [0.29, 0.717) is 23.9 Å². The molecule has 0 aliphatic carbocycles. The van der Waals surface area contributed by atoms with Gasteiger partial charge in [0.25, 0.3) is 0 Å². The Morgan fingerprint density at radius 1 is 1.24 bits per heavy atom. The van der Waals surface area contributed by atoms with Crippen LogP contribution in [0.2, 0.25) is 5.02 Å². The highest BCUT2D eigenvalue weighted by molar-refractivity contribution is 7.10. The average molecular weight is 429 g/mol. The third-order valence-corrected chi connectivity index (χ3v) is 6.14. The topological polar surface area (TPSA) is 67.2 Å². The van der Waals surface area contributed by atoms with Gasteiger partial charge in [0.15, 0.2) is 0 Å². The summed E-state index contributed by atoms with van der Waals surface area (Å²) in [6, 6.07) is 11.1. The maximum absolute atomic E-state index is 12.5. The van der Waals surface area contributed by atoms with Crippen LogP contribution < -0.4 is 5.32 Å². The lowest BCUT2D eigenvalue weighted by atomic mass is 10.1. The van der Waals surface area contributed by atoms with Crippen molar-refractivity contribution in [1.29, 1.82) is 0 Å². The van der Waals surface area contributed by atoms with Gasteiger partial charge in [-0.15, -0.1) is 11.3 Å². The summed E-state index contributed by atoms with van der Waals surface area (Å²) < 4.78 is 1.64. The molecule has 29 heavy (non-hydrogen) atoms. The van der Waals surface area contributed by atoms with Crippen molar-refractivity contribution in [1.82, 2.24) is 14.7 Å². The molecule has 6 nitrogen and oxygen atoms in total. The molecule has 0 saturated heterocycles. The zero-order valence-corrected chi connectivity index (χ0v) is 17.6. The van der Waals surface area contributed by atoms with E-state index < -0.39 is 0 Å². The molecule has 1 aliphatic rings. The quantitative estimate of drug-likeness (QED) is 0.662. The second kappa shape index (κ2) is 8.39. The number of carbonyl (C=O) groups excluding carboxylic acids is 2. The summed E-state index contributed by atoms with van der Waals surface area (Å²) >= 11 is 7.81. The van der Waals surface area contributed by atoms with Crippen LogP contribution in [0.1, 0.15) is 29.0 Å². The zero-order valence-electron chi connectivity index (χ0n) is 16.0. The minimum atomic E-state index is -0.213. The van der Waals surface area contributed by atoms with Gasteiger partial charge in [-0.1, -0.05) is 17.7 Å². The van der Waals surface area contributed by atoms with E-state index in [1.165, 1.54) is 10.4 Å². The SMILES string of the molecule is Cc1cc(NC(=O)CCC(=O)N2CCc3sccc3C2)n(-c2cccc(Cl)c2)n1. The van der Waals surface area contributed by atoms with Crippen molar-refractivity contribution in [2.45, 2.75) is 32.7 Å². The van der Waals surface area contributed by atoms with Crippen LogP contribution in [0.5, 0.6) is 0 Å². The van der Waals surface area contributed by atoms with Crippen LogP contribution in [-0.2, 0) is 22.6 Å². The smallest absolute Gasteiger partial charge is 0.226 e. The number of amides is 2. The molecule has 0 fully saturated rings. The molecule has 3 aromatic rings. The lowest BCUT2D eigenvalue weighted by molar-refractivity contribution is -0.133. The van der Waals surface area contributed by atoms with E-state index in [1.54, 1.807) is 34.2 Å². The van der Waals surface area contributed by atoms with Gasteiger partial charge in [-0.25, -0.2) is 4.68 Å². The Bertz CT molecular complexity index is 1060. The molecule has 8 heteroatoms. The number of fused-ring (bicyclic) bond motifs is 1. The van der Waals surface area contributed by atoms with Gasteiger partial charge in [-0.05, 0) is 48.6 Å². The summed E-state index contributed by atoms with van der Waals surface area (Å²) in [5.41, 5.74) is 2.76. The van der Waals surface area contributed by atoms with Crippen molar-refractivity contribution in [3.05, 3.63) is 62.9 Å². The number of hydrogen-bond acceptors (Lipinski definition) is 4. The summed E-state index contributed by atoms with van der Waals surface area (Å²) in [5.74, 6) is 0.356. The van der Waals surface area contributed by atoms with Gasteiger partial charge < -0.3 is 10.2 Å². The van der Waals surface area contributed by atoms with Gasteiger partial charge in [0.05, 0.1) is 11.4 Å². The number of halogens is 1. The molecule has 2 amide bonds. The van der Waals surface area contributed by atoms with Crippen LogP contribution >= 0.6 is 22.9 Å². The number of rotatable bonds is 5. The maximum Gasteiger partial charge on any atom is 0.226 e. The number of nitrogens with zero attached hydrogens (tertiary/aromatic N) is 3. The van der Waals surface area contributed by atoms with Gasteiger partial charge in [-0.2, -0.15) is 5.10 Å². The Balaban J connectivity index is 1.36. The van der Waals surface area contributed by atoms with E-state index >= 15 is 0 Å². The van der Waals surface area contributed by atoms with Crippen LogP contribution in [0, 0.1) is 6.92 Å². The van der Waals surface area contributed by atoms with Crippen molar-refractivity contribution >= 4 is 40.6 Å². The van der Waals surface area contributed by atoms with E-state index in [0.717, 1.165) is 17.8 Å². The Hall–Kier alpha value is -2.64.